The number of halogens is 1. The molecule has 0 fully saturated rings. The molecule has 2 aromatic rings. The van der Waals surface area contributed by atoms with E-state index in [0.29, 0.717) is 5.56 Å². The first kappa shape index (κ1) is 13.2. The highest BCUT2D eigenvalue weighted by Gasteiger charge is 2.07. The van der Waals surface area contributed by atoms with Crippen molar-refractivity contribution in [2.24, 2.45) is 0 Å². The van der Waals surface area contributed by atoms with E-state index in [1.807, 2.05) is 54.8 Å². The van der Waals surface area contributed by atoms with E-state index in [4.69, 9.17) is 0 Å². The minimum absolute atomic E-state index is 0.102. The van der Waals surface area contributed by atoms with Crippen molar-refractivity contribution in [2.45, 2.75) is 4.90 Å². The fraction of sp³-hybridized carbons (Fsp3) is 0.0714. The number of hydrogen-bond acceptors (Lipinski definition) is 2. The number of hydrogen-bond donors (Lipinski definition) is 1. The van der Waals surface area contributed by atoms with Crippen LogP contribution in [-0.2, 0) is 0 Å². The van der Waals surface area contributed by atoms with Crippen LogP contribution in [-0.4, -0.2) is 12.2 Å². The molecule has 2 rings (SSSR count). The van der Waals surface area contributed by atoms with E-state index in [2.05, 4.69) is 21.2 Å². The van der Waals surface area contributed by atoms with E-state index >= 15 is 0 Å². The first-order valence-electron chi connectivity index (χ1n) is 5.40. The molecule has 0 saturated heterocycles. The van der Waals surface area contributed by atoms with Crippen LogP contribution in [0.2, 0.25) is 0 Å². The molecule has 92 valence electrons. The van der Waals surface area contributed by atoms with Gasteiger partial charge in [0.25, 0.3) is 5.91 Å². The minimum atomic E-state index is -0.102. The Morgan fingerprint density at radius 1 is 1.11 bits per heavy atom. The SMILES string of the molecule is CSc1ccc(C(=O)Nc2ccccc2Br)cc1. The van der Waals surface area contributed by atoms with Gasteiger partial charge < -0.3 is 5.32 Å². The van der Waals surface area contributed by atoms with Crippen LogP contribution >= 0.6 is 27.7 Å². The summed E-state index contributed by atoms with van der Waals surface area (Å²) in [6.45, 7) is 0. The van der Waals surface area contributed by atoms with Crippen molar-refractivity contribution in [3.8, 4) is 0 Å². The summed E-state index contributed by atoms with van der Waals surface area (Å²) in [6.07, 6.45) is 2.01. The predicted molar refractivity (Wildman–Crippen MR) is 80.3 cm³/mol. The zero-order valence-electron chi connectivity index (χ0n) is 9.81. The number of anilines is 1. The Morgan fingerprint density at radius 2 is 1.78 bits per heavy atom. The number of thioether (sulfide) groups is 1. The Kier molecular flexibility index (Phi) is 4.44. The third-order valence-corrected chi connectivity index (χ3v) is 3.91. The lowest BCUT2D eigenvalue weighted by Crippen LogP contribution is -2.11. The third kappa shape index (κ3) is 3.15. The number of nitrogens with one attached hydrogen (secondary N) is 1. The maximum absolute atomic E-state index is 12.0. The highest BCUT2D eigenvalue weighted by molar-refractivity contribution is 9.10. The van der Waals surface area contributed by atoms with E-state index < -0.39 is 0 Å². The lowest BCUT2D eigenvalue weighted by atomic mass is 10.2. The van der Waals surface area contributed by atoms with Crippen LogP contribution in [0.4, 0.5) is 5.69 Å². The van der Waals surface area contributed by atoms with E-state index in [1.165, 1.54) is 0 Å². The van der Waals surface area contributed by atoms with Crippen LogP contribution in [0, 0.1) is 0 Å². The van der Waals surface area contributed by atoms with Gasteiger partial charge in [-0.15, -0.1) is 11.8 Å². The first-order chi connectivity index (χ1) is 8.70. The number of para-hydroxylation sites is 1. The minimum Gasteiger partial charge on any atom is -0.321 e. The largest absolute Gasteiger partial charge is 0.321 e. The molecule has 0 bridgehead atoms. The number of carbonyl (C=O) groups excluding carboxylic acids is 1. The van der Waals surface area contributed by atoms with Crippen LogP contribution in [0.25, 0.3) is 0 Å². The maximum Gasteiger partial charge on any atom is 0.255 e. The molecular weight excluding hydrogens is 310 g/mol. The van der Waals surface area contributed by atoms with Gasteiger partial charge in [-0.1, -0.05) is 12.1 Å². The molecule has 1 amide bonds. The van der Waals surface area contributed by atoms with Crippen molar-refractivity contribution in [1.82, 2.24) is 0 Å². The maximum atomic E-state index is 12.0. The average molecular weight is 322 g/mol. The van der Waals surface area contributed by atoms with E-state index in [-0.39, 0.29) is 5.91 Å². The summed E-state index contributed by atoms with van der Waals surface area (Å²) in [4.78, 5) is 13.2. The summed E-state index contributed by atoms with van der Waals surface area (Å²) in [5.74, 6) is -0.102. The van der Waals surface area contributed by atoms with Crippen molar-refractivity contribution >= 4 is 39.3 Å². The van der Waals surface area contributed by atoms with Gasteiger partial charge in [0, 0.05) is 14.9 Å². The van der Waals surface area contributed by atoms with Crippen molar-refractivity contribution < 1.29 is 4.79 Å². The molecule has 0 aliphatic heterocycles. The van der Waals surface area contributed by atoms with E-state index in [9.17, 15) is 4.79 Å². The fourth-order valence-corrected chi connectivity index (χ4v) is 2.29. The second-order valence-corrected chi connectivity index (χ2v) is 5.40. The summed E-state index contributed by atoms with van der Waals surface area (Å²) >= 11 is 5.06. The van der Waals surface area contributed by atoms with Crippen molar-refractivity contribution in [3.63, 3.8) is 0 Å². The molecule has 0 aliphatic carbocycles. The molecule has 0 atom stereocenters. The smallest absolute Gasteiger partial charge is 0.255 e. The Balaban J connectivity index is 2.14. The molecule has 0 radical (unpaired) electrons. The van der Waals surface area contributed by atoms with Crippen molar-refractivity contribution in [3.05, 3.63) is 58.6 Å². The van der Waals surface area contributed by atoms with E-state index in [0.717, 1.165) is 15.1 Å². The van der Waals surface area contributed by atoms with Crippen molar-refractivity contribution in [1.29, 1.82) is 0 Å². The van der Waals surface area contributed by atoms with E-state index in [1.54, 1.807) is 11.8 Å². The van der Waals surface area contributed by atoms with Crippen LogP contribution in [0.1, 0.15) is 10.4 Å². The molecule has 1 N–H and O–H groups in total. The molecule has 0 saturated carbocycles. The topological polar surface area (TPSA) is 29.1 Å². The summed E-state index contributed by atoms with van der Waals surface area (Å²) in [7, 11) is 0. The highest BCUT2D eigenvalue weighted by Crippen LogP contribution is 2.22. The molecule has 0 spiro atoms. The monoisotopic (exact) mass is 321 g/mol. The highest BCUT2D eigenvalue weighted by atomic mass is 79.9. The Hall–Kier alpha value is -1.26. The van der Waals surface area contributed by atoms with Crippen LogP contribution in [0.5, 0.6) is 0 Å². The standard InChI is InChI=1S/C14H12BrNOS/c1-18-11-8-6-10(7-9-11)14(17)16-13-5-3-2-4-12(13)15/h2-9H,1H3,(H,16,17). The van der Waals surface area contributed by atoms with Gasteiger partial charge in [0.15, 0.2) is 0 Å². The summed E-state index contributed by atoms with van der Waals surface area (Å²) < 4.78 is 0.874. The van der Waals surface area contributed by atoms with Gasteiger partial charge in [-0.3, -0.25) is 4.79 Å². The Morgan fingerprint density at radius 3 is 2.39 bits per heavy atom. The van der Waals surface area contributed by atoms with Crippen molar-refractivity contribution in [2.75, 3.05) is 11.6 Å². The average Bonchev–Trinajstić information content (AvgIpc) is 2.41. The summed E-state index contributed by atoms with van der Waals surface area (Å²) in [6, 6.07) is 15.1. The number of benzene rings is 2. The fourth-order valence-electron chi connectivity index (χ4n) is 1.50. The summed E-state index contributed by atoms with van der Waals surface area (Å²) in [5.41, 5.74) is 1.43. The quantitative estimate of drug-likeness (QED) is 0.848. The van der Waals surface area contributed by atoms with Gasteiger partial charge >= 0.3 is 0 Å². The zero-order valence-corrected chi connectivity index (χ0v) is 12.2. The molecular formula is C14H12BrNOS. The van der Waals surface area contributed by atoms with Gasteiger partial charge in [-0.05, 0) is 58.6 Å². The van der Waals surface area contributed by atoms with Gasteiger partial charge in [-0.2, -0.15) is 0 Å². The molecule has 4 heteroatoms. The molecule has 0 aliphatic rings. The lowest BCUT2D eigenvalue weighted by molar-refractivity contribution is 0.102. The Bertz CT molecular complexity index is 554. The third-order valence-electron chi connectivity index (χ3n) is 2.47. The molecule has 18 heavy (non-hydrogen) atoms. The van der Waals surface area contributed by atoms with Gasteiger partial charge in [0.1, 0.15) is 0 Å². The number of carbonyl (C=O) groups is 1. The van der Waals surface area contributed by atoms with Crippen LogP contribution in [0.3, 0.4) is 0 Å². The molecule has 2 aromatic carbocycles. The van der Waals surface area contributed by atoms with Crippen LogP contribution in [0.15, 0.2) is 57.9 Å². The zero-order chi connectivity index (χ0) is 13.0. The number of amides is 1. The lowest BCUT2D eigenvalue weighted by Gasteiger charge is -2.07. The Labute approximate surface area is 119 Å². The van der Waals surface area contributed by atoms with Gasteiger partial charge in [0.05, 0.1) is 5.69 Å². The number of rotatable bonds is 3. The first-order valence-corrected chi connectivity index (χ1v) is 7.42. The molecule has 0 aromatic heterocycles. The second-order valence-electron chi connectivity index (χ2n) is 3.66. The normalized spacial score (nSPS) is 10.1. The molecule has 0 unspecified atom stereocenters. The molecule has 0 heterocycles. The summed E-state index contributed by atoms with van der Waals surface area (Å²) in [5, 5.41) is 2.87. The van der Waals surface area contributed by atoms with Crippen LogP contribution < -0.4 is 5.32 Å². The van der Waals surface area contributed by atoms with Gasteiger partial charge in [-0.25, -0.2) is 0 Å². The predicted octanol–water partition coefficient (Wildman–Crippen LogP) is 4.42. The molecule has 2 nitrogen and oxygen atoms in total. The second kappa shape index (κ2) is 6.07. The van der Waals surface area contributed by atoms with Gasteiger partial charge in [0.2, 0.25) is 0 Å².